The molecule has 0 bridgehead atoms. The second kappa shape index (κ2) is 5.50. The zero-order valence-corrected chi connectivity index (χ0v) is 12.3. The molecule has 0 aliphatic carbocycles. The molecule has 0 amide bonds. The maximum atomic E-state index is 11.4. The summed E-state index contributed by atoms with van der Waals surface area (Å²) in [5.41, 5.74) is -1.64. The van der Waals surface area contributed by atoms with Gasteiger partial charge < -0.3 is 15.1 Å². The lowest BCUT2D eigenvalue weighted by Crippen LogP contribution is -2.30. The van der Waals surface area contributed by atoms with Crippen molar-refractivity contribution in [1.29, 1.82) is 0 Å². The SMILES string of the molecule is Cc1c(CO)cc([N+](=O)[O-])c(N2CCC(C)(O)C2)c1[N+](=O)[O-]. The van der Waals surface area contributed by atoms with E-state index in [9.17, 15) is 30.4 Å². The number of benzene rings is 1. The maximum Gasteiger partial charge on any atom is 0.302 e. The molecule has 9 heteroatoms. The summed E-state index contributed by atoms with van der Waals surface area (Å²) in [6, 6.07) is 1.16. The fraction of sp³-hybridized carbons (Fsp3) is 0.538. The smallest absolute Gasteiger partial charge is 0.302 e. The normalized spacial score (nSPS) is 21.2. The lowest BCUT2D eigenvalue weighted by molar-refractivity contribution is -0.393. The van der Waals surface area contributed by atoms with E-state index in [0.29, 0.717) is 6.42 Å². The van der Waals surface area contributed by atoms with E-state index >= 15 is 0 Å². The van der Waals surface area contributed by atoms with E-state index in [1.807, 2.05) is 0 Å². The zero-order valence-electron chi connectivity index (χ0n) is 12.3. The van der Waals surface area contributed by atoms with Crippen molar-refractivity contribution in [2.75, 3.05) is 18.0 Å². The van der Waals surface area contributed by atoms with Crippen LogP contribution in [0.25, 0.3) is 0 Å². The molecule has 1 fully saturated rings. The van der Waals surface area contributed by atoms with Gasteiger partial charge in [-0.05, 0) is 25.8 Å². The van der Waals surface area contributed by atoms with Gasteiger partial charge in [0.1, 0.15) is 0 Å². The van der Waals surface area contributed by atoms with Gasteiger partial charge in [0, 0.05) is 24.7 Å². The summed E-state index contributed by atoms with van der Waals surface area (Å²) in [6.07, 6.45) is 0.363. The Hall–Kier alpha value is -2.26. The quantitative estimate of drug-likeness (QED) is 0.632. The molecule has 9 nitrogen and oxygen atoms in total. The third-order valence-corrected chi connectivity index (χ3v) is 3.93. The Balaban J connectivity index is 2.71. The molecule has 1 saturated heterocycles. The number of hydrogen-bond acceptors (Lipinski definition) is 7. The first-order valence-corrected chi connectivity index (χ1v) is 6.71. The van der Waals surface area contributed by atoms with Crippen LogP contribution in [0.5, 0.6) is 0 Å². The van der Waals surface area contributed by atoms with Crippen LogP contribution in [0.3, 0.4) is 0 Å². The summed E-state index contributed by atoms with van der Waals surface area (Å²) in [7, 11) is 0. The van der Waals surface area contributed by atoms with E-state index < -0.39 is 33.4 Å². The van der Waals surface area contributed by atoms with Gasteiger partial charge in [0.15, 0.2) is 5.69 Å². The number of β-amino-alcohol motifs (C(OH)–C–C–N with tert-alkyl or cyclic N) is 1. The van der Waals surface area contributed by atoms with Gasteiger partial charge in [-0.2, -0.15) is 0 Å². The number of nitro groups is 2. The van der Waals surface area contributed by atoms with E-state index in [2.05, 4.69) is 0 Å². The number of rotatable bonds is 4. The highest BCUT2D eigenvalue weighted by molar-refractivity contribution is 5.79. The van der Waals surface area contributed by atoms with Crippen molar-refractivity contribution in [3.05, 3.63) is 37.4 Å². The van der Waals surface area contributed by atoms with Crippen molar-refractivity contribution in [2.24, 2.45) is 0 Å². The molecule has 0 saturated carbocycles. The van der Waals surface area contributed by atoms with Crippen molar-refractivity contribution >= 4 is 17.1 Å². The third kappa shape index (κ3) is 2.72. The number of hydrogen-bond donors (Lipinski definition) is 2. The Labute approximate surface area is 126 Å². The minimum absolute atomic E-state index is 0.0760. The molecule has 120 valence electrons. The number of aliphatic hydroxyl groups excluding tert-OH is 1. The van der Waals surface area contributed by atoms with Gasteiger partial charge in [-0.15, -0.1) is 0 Å². The fourth-order valence-electron chi connectivity index (χ4n) is 2.77. The Morgan fingerprint density at radius 3 is 2.41 bits per heavy atom. The van der Waals surface area contributed by atoms with Crippen molar-refractivity contribution in [2.45, 2.75) is 32.5 Å². The lowest BCUT2D eigenvalue weighted by Gasteiger charge is -2.21. The zero-order chi connectivity index (χ0) is 16.7. The van der Waals surface area contributed by atoms with Gasteiger partial charge >= 0.3 is 5.69 Å². The third-order valence-electron chi connectivity index (χ3n) is 3.93. The highest BCUT2D eigenvalue weighted by atomic mass is 16.6. The first-order chi connectivity index (χ1) is 10.2. The monoisotopic (exact) mass is 311 g/mol. The fourth-order valence-corrected chi connectivity index (χ4v) is 2.77. The van der Waals surface area contributed by atoms with Gasteiger partial charge in [-0.25, -0.2) is 0 Å². The standard InChI is InChI=1S/C13H17N3O6/c1-8-9(6-17)5-10(15(19)20)12(11(8)16(21)22)14-4-3-13(2,18)7-14/h5,17-18H,3-4,6-7H2,1-2H3. The van der Waals surface area contributed by atoms with Crippen LogP contribution in [0.2, 0.25) is 0 Å². The van der Waals surface area contributed by atoms with Crippen LogP contribution in [-0.4, -0.2) is 38.8 Å². The summed E-state index contributed by atoms with van der Waals surface area (Å²) in [4.78, 5) is 22.8. The van der Waals surface area contributed by atoms with Crippen LogP contribution < -0.4 is 4.90 Å². The molecule has 22 heavy (non-hydrogen) atoms. The number of nitro benzene ring substituents is 2. The molecule has 0 spiro atoms. The van der Waals surface area contributed by atoms with Gasteiger partial charge in [0.2, 0.25) is 0 Å². The van der Waals surface area contributed by atoms with E-state index in [1.165, 1.54) is 11.8 Å². The molecule has 1 aliphatic rings. The largest absolute Gasteiger partial charge is 0.392 e. The Kier molecular flexibility index (Phi) is 4.03. The van der Waals surface area contributed by atoms with E-state index in [-0.39, 0.29) is 29.9 Å². The second-order valence-electron chi connectivity index (χ2n) is 5.72. The van der Waals surface area contributed by atoms with E-state index in [1.54, 1.807) is 6.92 Å². The highest BCUT2D eigenvalue weighted by Crippen LogP contribution is 2.44. The highest BCUT2D eigenvalue weighted by Gasteiger charge is 2.40. The van der Waals surface area contributed by atoms with Crippen LogP contribution in [0.15, 0.2) is 6.07 Å². The molecule has 2 rings (SSSR count). The molecule has 1 aliphatic heterocycles. The maximum absolute atomic E-state index is 11.4. The molecule has 1 aromatic carbocycles. The Morgan fingerprint density at radius 2 is 2.00 bits per heavy atom. The van der Waals surface area contributed by atoms with Crippen LogP contribution >= 0.6 is 0 Å². The lowest BCUT2D eigenvalue weighted by atomic mass is 10.0. The summed E-state index contributed by atoms with van der Waals surface area (Å²) in [5.74, 6) is 0. The minimum Gasteiger partial charge on any atom is -0.392 e. The predicted molar refractivity (Wildman–Crippen MR) is 77.9 cm³/mol. The van der Waals surface area contributed by atoms with Crippen LogP contribution in [-0.2, 0) is 6.61 Å². The first kappa shape index (κ1) is 16.1. The summed E-state index contributed by atoms with van der Waals surface area (Å²) < 4.78 is 0. The average molecular weight is 311 g/mol. The molecule has 1 atom stereocenters. The molecule has 0 aromatic heterocycles. The molecular weight excluding hydrogens is 294 g/mol. The number of nitrogens with zero attached hydrogens (tertiary/aromatic N) is 3. The molecule has 1 heterocycles. The van der Waals surface area contributed by atoms with Gasteiger partial charge in [0.25, 0.3) is 5.69 Å². The van der Waals surface area contributed by atoms with Crippen molar-refractivity contribution < 1.29 is 20.1 Å². The first-order valence-electron chi connectivity index (χ1n) is 6.71. The summed E-state index contributed by atoms with van der Waals surface area (Å²) >= 11 is 0. The summed E-state index contributed by atoms with van der Waals surface area (Å²) in [6.45, 7) is 2.87. The molecule has 0 radical (unpaired) electrons. The van der Waals surface area contributed by atoms with Crippen LogP contribution in [0.1, 0.15) is 24.5 Å². The van der Waals surface area contributed by atoms with Crippen LogP contribution in [0.4, 0.5) is 17.1 Å². The molecule has 1 aromatic rings. The van der Waals surface area contributed by atoms with Gasteiger partial charge in [0.05, 0.1) is 22.1 Å². The average Bonchev–Trinajstić information content (AvgIpc) is 2.77. The van der Waals surface area contributed by atoms with E-state index in [4.69, 9.17) is 0 Å². The van der Waals surface area contributed by atoms with E-state index in [0.717, 1.165) is 6.07 Å². The summed E-state index contributed by atoms with van der Waals surface area (Å²) in [5, 5.41) is 42.0. The number of anilines is 1. The molecule has 2 N–H and O–H groups in total. The Morgan fingerprint density at radius 1 is 1.36 bits per heavy atom. The van der Waals surface area contributed by atoms with Crippen molar-refractivity contribution in [3.63, 3.8) is 0 Å². The predicted octanol–water partition coefficient (Wildman–Crippen LogP) is 1.26. The second-order valence-corrected chi connectivity index (χ2v) is 5.72. The van der Waals surface area contributed by atoms with Crippen molar-refractivity contribution in [1.82, 2.24) is 0 Å². The minimum atomic E-state index is -1.05. The number of aliphatic hydroxyl groups is 2. The molecule has 1 unspecified atom stereocenters. The van der Waals surface area contributed by atoms with Crippen molar-refractivity contribution in [3.8, 4) is 0 Å². The van der Waals surface area contributed by atoms with Crippen LogP contribution in [0, 0.1) is 27.2 Å². The van der Waals surface area contributed by atoms with Gasteiger partial charge in [-0.3, -0.25) is 20.2 Å². The van der Waals surface area contributed by atoms with Gasteiger partial charge in [-0.1, -0.05) is 0 Å². The Bertz CT molecular complexity index is 643. The molecular formula is C13H17N3O6. The topological polar surface area (TPSA) is 130 Å².